The fourth-order valence-electron chi connectivity index (χ4n) is 2.93. The minimum Gasteiger partial charge on any atom is -0.329 e. The second-order valence-corrected chi connectivity index (χ2v) is 6.52. The third-order valence-corrected chi connectivity index (χ3v) is 4.75. The monoisotopic (exact) mass is 324 g/mol. The van der Waals surface area contributed by atoms with Gasteiger partial charge in [-0.3, -0.25) is 0 Å². The van der Waals surface area contributed by atoms with Gasteiger partial charge < -0.3 is 11.1 Å². The molecule has 1 aromatic carbocycles. The Morgan fingerprint density at radius 1 is 1.26 bits per heavy atom. The minimum atomic E-state index is 0.262. The maximum absolute atomic E-state index is 5.98. The van der Waals surface area contributed by atoms with E-state index >= 15 is 0 Å². The molecule has 1 unspecified atom stereocenters. The summed E-state index contributed by atoms with van der Waals surface area (Å²) >= 11 is 3.67. The maximum Gasteiger partial charge on any atom is 0.0457 e. The lowest BCUT2D eigenvalue weighted by molar-refractivity contribution is 0.402. The van der Waals surface area contributed by atoms with Crippen molar-refractivity contribution in [3.8, 4) is 0 Å². The molecule has 1 atom stereocenters. The van der Waals surface area contributed by atoms with Crippen molar-refractivity contribution in [2.24, 2.45) is 5.73 Å². The summed E-state index contributed by atoms with van der Waals surface area (Å²) in [6, 6.07) is 7.42. The summed E-state index contributed by atoms with van der Waals surface area (Å²) in [5.74, 6) is 0. The first-order chi connectivity index (χ1) is 9.20. The Bertz CT molecular complexity index is 398. The van der Waals surface area contributed by atoms with Crippen LogP contribution >= 0.6 is 15.9 Å². The first-order valence-corrected chi connectivity index (χ1v) is 8.22. The summed E-state index contributed by atoms with van der Waals surface area (Å²) < 4.78 is 1.17. The fraction of sp³-hybridized carbons (Fsp3) is 0.625. The fourth-order valence-corrected chi connectivity index (χ4v) is 3.70. The SMILES string of the molecule is Cc1ccc(C(CN)NC2CCCCCC2)c(Br)c1. The third-order valence-electron chi connectivity index (χ3n) is 4.06. The van der Waals surface area contributed by atoms with Crippen LogP contribution in [0.2, 0.25) is 0 Å². The summed E-state index contributed by atoms with van der Waals surface area (Å²) in [6.07, 6.45) is 8.06. The van der Waals surface area contributed by atoms with Gasteiger partial charge in [-0.1, -0.05) is 53.7 Å². The van der Waals surface area contributed by atoms with E-state index < -0.39 is 0 Å². The highest BCUT2D eigenvalue weighted by Crippen LogP contribution is 2.26. The second kappa shape index (κ2) is 7.41. The molecule has 0 heterocycles. The van der Waals surface area contributed by atoms with Gasteiger partial charge in [0.2, 0.25) is 0 Å². The summed E-state index contributed by atoms with van der Waals surface area (Å²) in [4.78, 5) is 0. The zero-order chi connectivity index (χ0) is 13.7. The molecule has 106 valence electrons. The molecule has 1 aliphatic carbocycles. The number of rotatable bonds is 4. The molecule has 2 rings (SSSR count). The van der Waals surface area contributed by atoms with Gasteiger partial charge in [0.25, 0.3) is 0 Å². The molecule has 1 fully saturated rings. The third kappa shape index (κ3) is 4.30. The molecule has 0 radical (unpaired) electrons. The molecule has 1 saturated carbocycles. The van der Waals surface area contributed by atoms with Gasteiger partial charge in [0.05, 0.1) is 0 Å². The highest BCUT2D eigenvalue weighted by Gasteiger charge is 2.19. The van der Waals surface area contributed by atoms with Crippen LogP contribution in [0.15, 0.2) is 22.7 Å². The molecule has 3 heteroatoms. The Morgan fingerprint density at radius 2 is 1.95 bits per heavy atom. The molecule has 19 heavy (non-hydrogen) atoms. The summed E-state index contributed by atoms with van der Waals surface area (Å²) in [7, 11) is 0. The molecule has 0 aromatic heterocycles. The smallest absolute Gasteiger partial charge is 0.0457 e. The quantitative estimate of drug-likeness (QED) is 0.819. The number of halogens is 1. The van der Waals surface area contributed by atoms with Crippen LogP contribution in [-0.4, -0.2) is 12.6 Å². The van der Waals surface area contributed by atoms with Crippen molar-refractivity contribution in [2.45, 2.75) is 57.5 Å². The van der Waals surface area contributed by atoms with Crippen molar-refractivity contribution >= 4 is 15.9 Å². The van der Waals surface area contributed by atoms with Crippen LogP contribution in [0, 0.1) is 6.92 Å². The number of aryl methyl sites for hydroxylation is 1. The van der Waals surface area contributed by atoms with Crippen molar-refractivity contribution in [3.63, 3.8) is 0 Å². The maximum atomic E-state index is 5.98. The Hall–Kier alpha value is -0.380. The summed E-state index contributed by atoms with van der Waals surface area (Å²) in [5, 5.41) is 3.77. The number of nitrogens with two attached hydrogens (primary N) is 1. The van der Waals surface area contributed by atoms with Crippen LogP contribution in [0.5, 0.6) is 0 Å². The highest BCUT2D eigenvalue weighted by molar-refractivity contribution is 9.10. The van der Waals surface area contributed by atoms with Gasteiger partial charge in [-0.05, 0) is 37.0 Å². The van der Waals surface area contributed by atoms with Crippen LogP contribution in [0.3, 0.4) is 0 Å². The number of benzene rings is 1. The van der Waals surface area contributed by atoms with E-state index in [4.69, 9.17) is 5.73 Å². The largest absolute Gasteiger partial charge is 0.329 e. The molecular formula is C16H25BrN2. The number of nitrogens with one attached hydrogen (secondary N) is 1. The molecule has 1 aromatic rings. The standard InChI is InChI=1S/C16H25BrN2/c1-12-8-9-14(15(17)10-12)16(11-18)19-13-6-4-2-3-5-7-13/h8-10,13,16,19H,2-7,11,18H2,1H3. The van der Waals surface area contributed by atoms with Crippen LogP contribution in [0.1, 0.15) is 55.7 Å². The van der Waals surface area contributed by atoms with Gasteiger partial charge in [-0.25, -0.2) is 0 Å². The summed E-state index contributed by atoms with van der Waals surface area (Å²) in [6.45, 7) is 2.77. The van der Waals surface area contributed by atoms with Gasteiger partial charge in [0.15, 0.2) is 0 Å². The molecule has 0 amide bonds. The zero-order valence-electron chi connectivity index (χ0n) is 11.8. The van der Waals surface area contributed by atoms with Crippen LogP contribution in [0.4, 0.5) is 0 Å². The van der Waals surface area contributed by atoms with Crippen molar-refractivity contribution in [3.05, 3.63) is 33.8 Å². The van der Waals surface area contributed by atoms with Crippen molar-refractivity contribution in [2.75, 3.05) is 6.54 Å². The lowest BCUT2D eigenvalue weighted by atomic mass is 10.0. The lowest BCUT2D eigenvalue weighted by Crippen LogP contribution is -2.36. The van der Waals surface area contributed by atoms with Crippen molar-refractivity contribution < 1.29 is 0 Å². The van der Waals surface area contributed by atoms with E-state index in [1.807, 2.05) is 0 Å². The van der Waals surface area contributed by atoms with E-state index in [0.717, 1.165) is 0 Å². The van der Waals surface area contributed by atoms with Gasteiger partial charge in [-0.2, -0.15) is 0 Å². The lowest BCUT2D eigenvalue weighted by Gasteiger charge is -2.25. The average molecular weight is 325 g/mol. The molecule has 0 spiro atoms. The molecule has 0 aliphatic heterocycles. The van der Waals surface area contributed by atoms with Gasteiger partial charge in [0, 0.05) is 23.1 Å². The Labute approximate surface area is 125 Å². The first kappa shape index (κ1) is 15.0. The van der Waals surface area contributed by atoms with E-state index in [0.29, 0.717) is 12.6 Å². The minimum absolute atomic E-state index is 0.262. The zero-order valence-corrected chi connectivity index (χ0v) is 13.4. The van der Waals surface area contributed by atoms with Crippen LogP contribution in [0.25, 0.3) is 0 Å². The van der Waals surface area contributed by atoms with Gasteiger partial charge in [-0.15, -0.1) is 0 Å². The molecule has 2 nitrogen and oxygen atoms in total. The average Bonchev–Trinajstić information content (AvgIpc) is 2.65. The van der Waals surface area contributed by atoms with Gasteiger partial charge in [0.1, 0.15) is 0 Å². The van der Waals surface area contributed by atoms with Gasteiger partial charge >= 0.3 is 0 Å². The number of hydrogen-bond acceptors (Lipinski definition) is 2. The molecule has 0 saturated heterocycles. The van der Waals surface area contributed by atoms with Crippen molar-refractivity contribution in [1.29, 1.82) is 0 Å². The summed E-state index contributed by atoms with van der Waals surface area (Å²) in [5.41, 5.74) is 8.55. The number of hydrogen-bond donors (Lipinski definition) is 2. The van der Waals surface area contributed by atoms with E-state index in [1.165, 1.54) is 54.1 Å². The predicted octanol–water partition coefficient (Wildman–Crippen LogP) is 4.07. The second-order valence-electron chi connectivity index (χ2n) is 5.67. The highest BCUT2D eigenvalue weighted by atomic mass is 79.9. The van der Waals surface area contributed by atoms with Crippen LogP contribution < -0.4 is 11.1 Å². The van der Waals surface area contributed by atoms with Crippen LogP contribution in [-0.2, 0) is 0 Å². The van der Waals surface area contributed by atoms with E-state index in [2.05, 4.69) is 46.4 Å². The van der Waals surface area contributed by atoms with Crippen molar-refractivity contribution in [1.82, 2.24) is 5.32 Å². The van der Waals surface area contributed by atoms with E-state index in [1.54, 1.807) is 0 Å². The molecule has 3 N–H and O–H groups in total. The van der Waals surface area contributed by atoms with E-state index in [9.17, 15) is 0 Å². The van der Waals surface area contributed by atoms with E-state index in [-0.39, 0.29) is 6.04 Å². The first-order valence-electron chi connectivity index (χ1n) is 7.43. The molecular weight excluding hydrogens is 300 g/mol. The normalized spacial score (nSPS) is 19.1. The Balaban J connectivity index is 2.06. The Kier molecular flexibility index (Phi) is 5.86. The Morgan fingerprint density at radius 3 is 2.53 bits per heavy atom. The predicted molar refractivity (Wildman–Crippen MR) is 85.3 cm³/mol. The topological polar surface area (TPSA) is 38.0 Å². The molecule has 0 bridgehead atoms. The molecule has 1 aliphatic rings.